The number of carboxylic acid groups (broad SMARTS) is 2. The number of halogens is 2. The normalized spacial score (nSPS) is 21.3. The van der Waals surface area contributed by atoms with E-state index in [0.717, 1.165) is 23.6 Å². The lowest BCUT2D eigenvalue weighted by Crippen LogP contribution is -2.67. The van der Waals surface area contributed by atoms with E-state index < -0.39 is 58.6 Å². The molecule has 3 fully saturated rings. The van der Waals surface area contributed by atoms with Crippen LogP contribution < -0.4 is 32.0 Å². The molecule has 5 heterocycles. The molecule has 3 unspecified atom stereocenters. The molecule has 2 saturated heterocycles. The fourth-order valence-electron chi connectivity index (χ4n) is 6.84. The van der Waals surface area contributed by atoms with Crippen LogP contribution in [0.25, 0.3) is 10.9 Å². The van der Waals surface area contributed by atoms with E-state index in [0.29, 0.717) is 24.8 Å². The third-order valence-corrected chi connectivity index (χ3v) is 11.5. The first-order valence-corrected chi connectivity index (χ1v) is 18.4. The molecule has 2 aromatic heterocycles. The van der Waals surface area contributed by atoms with Gasteiger partial charge < -0.3 is 51.1 Å². The lowest BCUT2D eigenvalue weighted by atomic mass is 10.0. The second kappa shape index (κ2) is 14.2. The van der Waals surface area contributed by atoms with E-state index in [1.165, 1.54) is 28.3 Å². The number of amides is 3. The number of anilines is 2. The second-order valence-electron chi connectivity index (χ2n) is 12.9. The molecule has 3 aliphatic heterocycles. The fourth-order valence-corrected chi connectivity index (χ4v) is 8.76. The summed E-state index contributed by atoms with van der Waals surface area (Å²) in [5.74, 6) is -4.97. The molecule has 1 saturated carbocycles. The number of benzene rings is 1. The number of nitrogens with two attached hydrogens (primary N) is 1. The first-order chi connectivity index (χ1) is 25.4. The van der Waals surface area contributed by atoms with Gasteiger partial charge in [-0.1, -0.05) is 5.16 Å². The largest absolute Gasteiger partial charge is 0.477 e. The summed E-state index contributed by atoms with van der Waals surface area (Å²) in [6.45, 7) is 0.331. The van der Waals surface area contributed by atoms with Crippen LogP contribution in [0, 0.1) is 11.6 Å². The van der Waals surface area contributed by atoms with E-state index in [9.17, 15) is 34.2 Å². The highest BCUT2D eigenvalue weighted by molar-refractivity contribution is 8.00. The number of aromatic carboxylic acids is 1. The number of carboxylic acids is 2. The van der Waals surface area contributed by atoms with Crippen LogP contribution in [-0.2, 0) is 14.4 Å². The van der Waals surface area contributed by atoms with Crippen molar-refractivity contribution in [3.05, 3.63) is 62.0 Å². The number of thioether (sulfide) groups is 1. The Morgan fingerprint density at radius 3 is 2.57 bits per heavy atom. The Balaban J connectivity index is 0.979. The number of carbonyl (C=O) groups excluding carboxylic acids is 2. The predicted molar refractivity (Wildman–Crippen MR) is 190 cm³/mol. The summed E-state index contributed by atoms with van der Waals surface area (Å²) >= 11 is 2.53. The van der Waals surface area contributed by atoms with Crippen LogP contribution in [-0.4, -0.2) is 111 Å². The van der Waals surface area contributed by atoms with Crippen LogP contribution in [0.4, 0.5) is 24.4 Å². The minimum absolute atomic E-state index is 0.0204. The average molecular weight is 774 g/mol. The van der Waals surface area contributed by atoms with Crippen molar-refractivity contribution in [2.75, 3.05) is 49.7 Å². The van der Waals surface area contributed by atoms with Gasteiger partial charge in [-0.2, -0.15) is 0 Å². The zero-order valence-corrected chi connectivity index (χ0v) is 29.6. The van der Waals surface area contributed by atoms with Crippen molar-refractivity contribution in [2.45, 2.75) is 42.8 Å². The molecule has 21 heteroatoms. The predicted octanol–water partition coefficient (Wildman–Crippen LogP) is 1.49. The summed E-state index contributed by atoms with van der Waals surface area (Å²) in [4.78, 5) is 74.7. The molecule has 7 N–H and O–H groups in total. The molecule has 1 aromatic carbocycles. The minimum Gasteiger partial charge on any atom is -0.477 e. The van der Waals surface area contributed by atoms with Crippen molar-refractivity contribution in [3.8, 4) is 0 Å². The number of fused-ring (bicyclic) bond motifs is 2. The van der Waals surface area contributed by atoms with Gasteiger partial charge in [0, 0.05) is 55.6 Å². The first-order valence-electron chi connectivity index (χ1n) is 16.4. The molecule has 3 aromatic rings. The highest BCUT2D eigenvalue weighted by atomic mass is 32.2. The molecule has 0 radical (unpaired) electrons. The number of hydrogen-bond donors (Lipinski definition) is 6. The zero-order chi connectivity index (χ0) is 37.7. The zero-order valence-electron chi connectivity index (χ0n) is 27.9. The molecule has 280 valence electrons. The Morgan fingerprint density at radius 2 is 1.91 bits per heavy atom. The van der Waals surface area contributed by atoms with Crippen molar-refractivity contribution in [1.29, 1.82) is 0 Å². The number of hydrogen-bond acceptors (Lipinski definition) is 13. The highest BCUT2D eigenvalue weighted by Gasteiger charge is 2.47. The Kier molecular flexibility index (Phi) is 9.62. The molecule has 0 spiro atoms. The minimum atomic E-state index is -1.48. The molecule has 17 nitrogen and oxygen atoms in total. The van der Waals surface area contributed by atoms with E-state index in [1.54, 1.807) is 10.3 Å². The smallest absolute Gasteiger partial charge is 0.352 e. The van der Waals surface area contributed by atoms with Crippen molar-refractivity contribution in [3.63, 3.8) is 0 Å². The van der Waals surface area contributed by atoms with Gasteiger partial charge in [0.1, 0.15) is 35.6 Å². The monoisotopic (exact) mass is 773 g/mol. The van der Waals surface area contributed by atoms with Crippen LogP contribution in [0.2, 0.25) is 0 Å². The third kappa shape index (κ3) is 6.80. The number of oxime groups is 1. The number of pyridine rings is 1. The van der Waals surface area contributed by atoms with Crippen LogP contribution in [0.15, 0.2) is 38.9 Å². The number of urea groups is 1. The van der Waals surface area contributed by atoms with Gasteiger partial charge in [0.05, 0.1) is 22.3 Å². The van der Waals surface area contributed by atoms with Crippen molar-refractivity contribution >= 4 is 74.4 Å². The Hall–Kier alpha value is -5.44. The topological polar surface area (TPSA) is 234 Å². The third-order valence-electron chi connectivity index (χ3n) is 9.43. The van der Waals surface area contributed by atoms with Gasteiger partial charge in [-0.3, -0.25) is 9.59 Å². The van der Waals surface area contributed by atoms with Crippen molar-refractivity contribution in [1.82, 2.24) is 30.4 Å². The van der Waals surface area contributed by atoms with E-state index in [2.05, 4.69) is 26.1 Å². The van der Waals surface area contributed by atoms with Gasteiger partial charge in [0.25, 0.3) is 5.91 Å². The lowest BCUT2D eigenvalue weighted by molar-refractivity contribution is -0.135. The Morgan fingerprint density at radius 1 is 1.13 bits per heavy atom. The number of aromatic nitrogens is 2. The molecule has 0 bridgehead atoms. The van der Waals surface area contributed by atoms with Crippen LogP contribution in [0.1, 0.15) is 41.4 Å². The number of carbonyl (C=O) groups is 4. The molecular weight excluding hydrogens is 741 g/mol. The number of nitrogens with one attached hydrogen (secondary N) is 3. The second-order valence-corrected chi connectivity index (χ2v) is 14.9. The van der Waals surface area contributed by atoms with E-state index in [-0.39, 0.29) is 82.2 Å². The van der Waals surface area contributed by atoms with Gasteiger partial charge >= 0.3 is 18.0 Å². The summed E-state index contributed by atoms with van der Waals surface area (Å²) in [6, 6.07) is -0.877. The van der Waals surface area contributed by atoms with E-state index in [4.69, 9.17) is 10.6 Å². The summed E-state index contributed by atoms with van der Waals surface area (Å²) in [6.07, 6.45) is 2.77. The number of rotatable bonds is 11. The number of nitrogen functional groups attached to an aromatic ring is 1. The maximum atomic E-state index is 16.1. The van der Waals surface area contributed by atoms with Gasteiger partial charge in [0.2, 0.25) is 5.43 Å². The number of nitrogens with zero attached hydrogens (tertiary/aromatic N) is 5. The summed E-state index contributed by atoms with van der Waals surface area (Å²) in [5, 5.41) is 32.7. The first kappa shape index (κ1) is 35.9. The fraction of sp³-hybridized carbons (Fsp3) is 0.406. The number of aliphatic carboxylic acids is 1. The van der Waals surface area contributed by atoms with Crippen molar-refractivity contribution in [2.24, 2.45) is 5.16 Å². The number of thiazole rings is 1. The Labute approximate surface area is 306 Å². The highest BCUT2D eigenvalue weighted by Crippen LogP contribution is 2.41. The maximum Gasteiger partial charge on any atom is 0.352 e. The Bertz CT molecular complexity index is 2170. The molecule has 7 rings (SSSR count). The van der Waals surface area contributed by atoms with Crippen molar-refractivity contribution < 1.29 is 43.0 Å². The molecule has 3 atom stereocenters. The molecule has 3 amide bonds. The summed E-state index contributed by atoms with van der Waals surface area (Å²) in [7, 11) is 1.29. The summed E-state index contributed by atoms with van der Waals surface area (Å²) in [5.41, 5.74) is 4.27. The molecule has 4 aliphatic rings. The lowest BCUT2D eigenvalue weighted by Gasteiger charge is -2.52. The standard InChI is InChI=1S/C32H33F2N9O8S2/c1-51-40-22(20-12-53-31(35)39-20)27(45)38-19-10-43-23(30(48)49)13(11-52-28(19)43)7-36-32(50)37-14-4-5-41(8-14)25-18(33)6-16-24(21(25)34)42(15-2-3-15)9-17(26(16)44)29(46)47/h6,9,12,14-15,19,28H,2-5,7-8,10-11H2,1H3,(H2,35,39)(H,38,45)(H,46,47)(H,48,49)(H2,36,37,50). The van der Waals surface area contributed by atoms with Crippen LogP contribution in [0.3, 0.4) is 0 Å². The van der Waals surface area contributed by atoms with E-state index >= 15 is 8.78 Å². The SMILES string of the molecule is CON=C(C(=O)NC1CN2C(C(=O)O)=C(CNC(=O)NC3CCN(c4c(F)cc5c(=O)c(C(=O)O)cn(C6CC6)c5c4F)C3)CSC12)c1csc(N)n1. The van der Waals surface area contributed by atoms with Gasteiger partial charge in [-0.25, -0.2) is 28.1 Å². The van der Waals surface area contributed by atoms with Crippen LogP contribution >= 0.6 is 23.1 Å². The molecule has 1 aliphatic carbocycles. The molecular formula is C32H33F2N9O8S2. The van der Waals surface area contributed by atoms with Crippen LogP contribution in [0.5, 0.6) is 0 Å². The quantitative estimate of drug-likeness (QED) is 0.120. The van der Waals surface area contributed by atoms with Gasteiger partial charge in [0.15, 0.2) is 16.7 Å². The van der Waals surface area contributed by atoms with Gasteiger partial charge in [-0.05, 0) is 30.9 Å². The average Bonchev–Trinajstić information content (AvgIpc) is 3.70. The van der Waals surface area contributed by atoms with E-state index in [1.807, 2.05) is 0 Å². The summed E-state index contributed by atoms with van der Waals surface area (Å²) < 4.78 is 32.9. The van der Waals surface area contributed by atoms with Gasteiger partial charge in [-0.15, -0.1) is 23.1 Å². The maximum absolute atomic E-state index is 16.1. The molecule has 53 heavy (non-hydrogen) atoms.